The highest BCUT2D eigenvalue weighted by Gasteiger charge is 2.20. The maximum atomic E-state index is 5.78. The van der Waals surface area contributed by atoms with E-state index in [0.29, 0.717) is 6.04 Å². The fourth-order valence-corrected chi connectivity index (χ4v) is 2.95. The molecule has 0 saturated carbocycles. The van der Waals surface area contributed by atoms with Crippen LogP contribution in [0.2, 0.25) is 0 Å². The highest BCUT2D eigenvalue weighted by Crippen LogP contribution is 2.28. The van der Waals surface area contributed by atoms with Gasteiger partial charge in [-0.1, -0.05) is 29.8 Å². The van der Waals surface area contributed by atoms with E-state index in [4.69, 9.17) is 5.84 Å². The van der Waals surface area contributed by atoms with Crippen molar-refractivity contribution < 1.29 is 0 Å². The van der Waals surface area contributed by atoms with Crippen molar-refractivity contribution in [2.45, 2.75) is 39.3 Å². The number of hydrazine groups is 1. The Morgan fingerprint density at radius 3 is 2.75 bits per heavy atom. The molecule has 2 aromatic rings. The van der Waals surface area contributed by atoms with Crippen molar-refractivity contribution >= 4 is 15.9 Å². The average Bonchev–Trinajstić information content (AvgIpc) is 2.78. The van der Waals surface area contributed by atoms with E-state index in [2.05, 4.69) is 71.5 Å². The molecule has 1 unspecified atom stereocenters. The number of aryl methyl sites for hydroxylation is 1. The summed E-state index contributed by atoms with van der Waals surface area (Å²) in [5.74, 6) is 5.78. The molecule has 1 atom stereocenters. The molecule has 2 rings (SSSR count). The summed E-state index contributed by atoms with van der Waals surface area (Å²) in [5.41, 5.74) is 6.52. The SMILES string of the molecule is Cc1cccc(CC(NN)c2c(Br)cnn2C(C)C)c1. The number of nitrogens with one attached hydrogen (secondary N) is 1. The van der Waals surface area contributed by atoms with Gasteiger partial charge in [0.15, 0.2) is 0 Å². The van der Waals surface area contributed by atoms with Crippen LogP contribution in [0.25, 0.3) is 0 Å². The Morgan fingerprint density at radius 2 is 2.15 bits per heavy atom. The van der Waals surface area contributed by atoms with Crippen molar-refractivity contribution in [3.8, 4) is 0 Å². The molecule has 108 valence electrons. The summed E-state index contributed by atoms with van der Waals surface area (Å²) in [6, 6.07) is 8.81. The average molecular weight is 337 g/mol. The highest BCUT2D eigenvalue weighted by atomic mass is 79.9. The summed E-state index contributed by atoms with van der Waals surface area (Å²) in [4.78, 5) is 0. The van der Waals surface area contributed by atoms with Crippen LogP contribution in [0.5, 0.6) is 0 Å². The van der Waals surface area contributed by atoms with Crippen LogP contribution in [0.1, 0.15) is 42.8 Å². The molecule has 5 heteroatoms. The lowest BCUT2D eigenvalue weighted by Gasteiger charge is -2.20. The van der Waals surface area contributed by atoms with Crippen LogP contribution < -0.4 is 11.3 Å². The van der Waals surface area contributed by atoms with E-state index in [0.717, 1.165) is 16.6 Å². The van der Waals surface area contributed by atoms with Gasteiger partial charge in [0.1, 0.15) is 0 Å². The molecule has 0 aliphatic carbocycles. The van der Waals surface area contributed by atoms with E-state index >= 15 is 0 Å². The zero-order chi connectivity index (χ0) is 14.7. The topological polar surface area (TPSA) is 55.9 Å². The molecular formula is C15H21BrN4. The van der Waals surface area contributed by atoms with Crippen molar-refractivity contribution in [2.24, 2.45) is 5.84 Å². The summed E-state index contributed by atoms with van der Waals surface area (Å²) in [6.07, 6.45) is 2.66. The van der Waals surface area contributed by atoms with Crippen molar-refractivity contribution in [3.63, 3.8) is 0 Å². The van der Waals surface area contributed by atoms with Crippen molar-refractivity contribution in [1.82, 2.24) is 15.2 Å². The quantitative estimate of drug-likeness (QED) is 0.650. The number of hydrogen-bond donors (Lipinski definition) is 2. The van der Waals surface area contributed by atoms with Gasteiger partial charge in [-0.05, 0) is 48.7 Å². The smallest absolute Gasteiger partial charge is 0.0715 e. The lowest BCUT2D eigenvalue weighted by Crippen LogP contribution is -2.32. The van der Waals surface area contributed by atoms with Gasteiger partial charge in [0, 0.05) is 6.04 Å². The van der Waals surface area contributed by atoms with Crippen LogP contribution in [0.4, 0.5) is 0 Å². The predicted molar refractivity (Wildman–Crippen MR) is 85.3 cm³/mol. The minimum atomic E-state index is 0.0241. The van der Waals surface area contributed by atoms with Gasteiger partial charge >= 0.3 is 0 Å². The van der Waals surface area contributed by atoms with E-state index in [1.54, 1.807) is 0 Å². The summed E-state index contributed by atoms with van der Waals surface area (Å²) in [6.45, 7) is 6.33. The van der Waals surface area contributed by atoms with E-state index in [9.17, 15) is 0 Å². The molecular weight excluding hydrogens is 316 g/mol. The third-order valence-electron chi connectivity index (χ3n) is 3.33. The monoisotopic (exact) mass is 336 g/mol. The molecule has 4 nitrogen and oxygen atoms in total. The Labute approximate surface area is 128 Å². The Hall–Kier alpha value is -1.17. The molecule has 1 aromatic carbocycles. The van der Waals surface area contributed by atoms with E-state index < -0.39 is 0 Å². The predicted octanol–water partition coefficient (Wildman–Crippen LogP) is 3.28. The molecule has 0 amide bonds. The second kappa shape index (κ2) is 6.52. The van der Waals surface area contributed by atoms with Gasteiger partial charge in [0.05, 0.1) is 22.4 Å². The number of aromatic nitrogens is 2. The molecule has 1 aromatic heterocycles. The molecule has 20 heavy (non-hydrogen) atoms. The normalized spacial score (nSPS) is 12.9. The summed E-state index contributed by atoms with van der Waals surface area (Å²) >= 11 is 3.58. The molecule has 1 heterocycles. The number of hydrogen-bond acceptors (Lipinski definition) is 3. The van der Waals surface area contributed by atoms with Gasteiger partial charge in [-0.25, -0.2) is 0 Å². The standard InChI is InChI=1S/C15H21BrN4/c1-10(2)20-15(13(16)9-18-20)14(19-17)8-12-6-4-5-11(3)7-12/h4-7,9-10,14,19H,8,17H2,1-3H3. The maximum absolute atomic E-state index is 5.78. The zero-order valence-electron chi connectivity index (χ0n) is 12.1. The summed E-state index contributed by atoms with van der Waals surface area (Å²) in [5, 5.41) is 4.42. The summed E-state index contributed by atoms with van der Waals surface area (Å²) < 4.78 is 2.99. The van der Waals surface area contributed by atoms with Gasteiger partial charge in [-0.2, -0.15) is 5.10 Å². The van der Waals surface area contributed by atoms with Gasteiger partial charge in [0.2, 0.25) is 0 Å². The fraction of sp³-hybridized carbons (Fsp3) is 0.400. The molecule has 0 aliphatic rings. The van der Waals surface area contributed by atoms with E-state index in [-0.39, 0.29) is 6.04 Å². The maximum Gasteiger partial charge on any atom is 0.0715 e. The van der Waals surface area contributed by atoms with E-state index in [1.807, 2.05) is 10.9 Å². The zero-order valence-corrected chi connectivity index (χ0v) is 13.7. The first-order valence-corrected chi connectivity index (χ1v) is 7.56. The minimum absolute atomic E-state index is 0.0241. The van der Waals surface area contributed by atoms with Crippen LogP contribution in [0.15, 0.2) is 34.9 Å². The lowest BCUT2D eigenvalue weighted by molar-refractivity contribution is 0.446. The number of rotatable bonds is 5. The Bertz CT molecular complexity index is 577. The number of benzene rings is 1. The van der Waals surface area contributed by atoms with Crippen molar-refractivity contribution in [2.75, 3.05) is 0 Å². The van der Waals surface area contributed by atoms with Gasteiger partial charge in [0.25, 0.3) is 0 Å². The van der Waals surface area contributed by atoms with Crippen LogP contribution in [0, 0.1) is 6.92 Å². The number of halogens is 1. The molecule has 0 radical (unpaired) electrons. The van der Waals surface area contributed by atoms with Crippen molar-refractivity contribution in [3.05, 3.63) is 51.8 Å². The van der Waals surface area contributed by atoms with Crippen molar-refractivity contribution in [1.29, 1.82) is 0 Å². The van der Waals surface area contributed by atoms with Gasteiger partial charge in [-0.15, -0.1) is 0 Å². The highest BCUT2D eigenvalue weighted by molar-refractivity contribution is 9.10. The third-order valence-corrected chi connectivity index (χ3v) is 3.94. The largest absolute Gasteiger partial charge is 0.271 e. The second-order valence-corrected chi connectivity index (χ2v) is 6.18. The van der Waals surface area contributed by atoms with Crippen LogP contribution >= 0.6 is 15.9 Å². The lowest BCUT2D eigenvalue weighted by atomic mass is 10.0. The van der Waals surface area contributed by atoms with E-state index in [1.165, 1.54) is 11.1 Å². The molecule has 3 N–H and O–H groups in total. The first kappa shape index (κ1) is 15.2. The van der Waals surface area contributed by atoms with Crippen LogP contribution in [0.3, 0.4) is 0 Å². The summed E-state index contributed by atoms with van der Waals surface area (Å²) in [7, 11) is 0. The Kier molecular flexibility index (Phi) is 4.96. The molecule has 0 saturated heterocycles. The molecule has 0 spiro atoms. The third kappa shape index (κ3) is 3.29. The van der Waals surface area contributed by atoms with Crippen LogP contribution in [-0.2, 0) is 6.42 Å². The second-order valence-electron chi connectivity index (χ2n) is 5.33. The Balaban J connectivity index is 2.31. The van der Waals surface area contributed by atoms with Gasteiger partial charge in [-0.3, -0.25) is 16.0 Å². The first-order chi connectivity index (χ1) is 9.52. The van der Waals surface area contributed by atoms with Gasteiger partial charge < -0.3 is 0 Å². The Morgan fingerprint density at radius 1 is 1.40 bits per heavy atom. The molecule has 0 bridgehead atoms. The molecule has 0 fully saturated rings. The number of nitrogens with zero attached hydrogens (tertiary/aromatic N) is 2. The molecule has 0 aliphatic heterocycles. The fourth-order valence-electron chi connectivity index (χ4n) is 2.40. The minimum Gasteiger partial charge on any atom is -0.271 e. The first-order valence-electron chi connectivity index (χ1n) is 6.77. The van der Waals surface area contributed by atoms with Crippen LogP contribution in [-0.4, -0.2) is 9.78 Å². The number of nitrogens with two attached hydrogens (primary N) is 1.